The van der Waals surface area contributed by atoms with E-state index in [1.54, 1.807) is 54.8 Å². The molecule has 0 bridgehead atoms. The van der Waals surface area contributed by atoms with Crippen LogP contribution < -0.4 is 18.9 Å². The topological polar surface area (TPSA) is 232 Å². The molecule has 0 saturated carbocycles. The number of alkyl halides is 11. The minimum Gasteiger partial charge on any atom is -0.508 e. The molecule has 16 rings (SSSR count). The summed E-state index contributed by atoms with van der Waals surface area (Å²) in [4.78, 5) is -0.133. The molecule has 0 spiro atoms. The molecule has 4 unspecified atom stereocenters. The molecule has 0 amide bonds. The van der Waals surface area contributed by atoms with Crippen LogP contribution in [-0.2, 0) is 62.4 Å². The van der Waals surface area contributed by atoms with Crippen molar-refractivity contribution >= 4 is 121 Å². The minimum atomic E-state index is -4.33. The van der Waals surface area contributed by atoms with Gasteiger partial charge >= 0.3 is 18.5 Å². The van der Waals surface area contributed by atoms with Crippen LogP contribution in [0.15, 0.2) is 294 Å². The molecule has 0 aromatic heterocycles. The molecule has 4 saturated heterocycles. The normalized spacial score (nSPS) is 15.4. The van der Waals surface area contributed by atoms with E-state index < -0.39 is 71.6 Å². The second-order valence-corrected chi connectivity index (χ2v) is 51.1. The van der Waals surface area contributed by atoms with Crippen LogP contribution >= 0.6 is 84.3 Å². The van der Waals surface area contributed by atoms with Gasteiger partial charge in [0.05, 0.1) is 71.1 Å². The van der Waals surface area contributed by atoms with E-state index in [0.717, 1.165) is 176 Å². The molecule has 4 N–H and O–H groups in total. The molecule has 17 nitrogen and oxygen atoms in total. The fraction of sp³-hybridized carbons (Fsp3) is 0.310. The zero-order chi connectivity index (χ0) is 109. The molecular formula is C113H120BrCl2F9I2O17S2Si2. The van der Waals surface area contributed by atoms with Gasteiger partial charge < -0.3 is 52.8 Å². The third-order valence-electron chi connectivity index (χ3n) is 19.6. The van der Waals surface area contributed by atoms with Crippen molar-refractivity contribution < 1.29 is 118 Å². The monoisotopic (exact) mass is 2440 g/mol. The highest BCUT2D eigenvalue weighted by atomic mass is 127. The Hall–Kier alpha value is -10.5. The van der Waals surface area contributed by atoms with Gasteiger partial charge in [-0.1, -0.05) is 126 Å². The number of aryl methyl sites for hydroxylation is 2. The summed E-state index contributed by atoms with van der Waals surface area (Å²) in [5.41, 5.74) is 10.4. The van der Waals surface area contributed by atoms with Crippen LogP contribution in [0.4, 0.5) is 39.5 Å². The number of benzene rings is 11. The van der Waals surface area contributed by atoms with Crippen LogP contribution in [0.5, 0.6) is 34.5 Å². The maximum absolute atomic E-state index is 12.5. The molecule has 4 atom stereocenters. The van der Waals surface area contributed by atoms with Crippen LogP contribution in [0.3, 0.4) is 0 Å². The summed E-state index contributed by atoms with van der Waals surface area (Å²) in [5.74, 6) is 20.9. The molecule has 5 aliphatic heterocycles. The molecule has 5 aliphatic rings. The minimum absolute atomic E-state index is 0.0381. The smallest absolute Gasteiger partial charge is 0.416 e. The second-order valence-electron chi connectivity index (χ2n) is 34.5. The summed E-state index contributed by atoms with van der Waals surface area (Å²) >= 11 is 17.0. The maximum Gasteiger partial charge on any atom is 0.416 e. The fourth-order valence-corrected chi connectivity index (χ4v) is 14.2. The Labute approximate surface area is 912 Å². The lowest BCUT2D eigenvalue weighted by molar-refractivity contribution is -0.138. The lowest BCUT2D eigenvalue weighted by Gasteiger charge is -2.23. The summed E-state index contributed by atoms with van der Waals surface area (Å²) < 4.78 is 222. The Morgan fingerprint density at radius 3 is 0.858 bits per heavy atom. The summed E-state index contributed by atoms with van der Waals surface area (Å²) in [5, 5.41) is 18.0. The van der Waals surface area contributed by atoms with Crippen molar-refractivity contribution in [3.05, 3.63) is 352 Å². The first-order valence-electron chi connectivity index (χ1n) is 46.6. The van der Waals surface area contributed by atoms with Gasteiger partial charge in [0.25, 0.3) is 20.2 Å². The van der Waals surface area contributed by atoms with Gasteiger partial charge in [-0.25, -0.2) is 0 Å². The van der Waals surface area contributed by atoms with E-state index >= 15 is 0 Å². The van der Waals surface area contributed by atoms with E-state index in [1.807, 2.05) is 129 Å². The largest absolute Gasteiger partial charge is 0.508 e. The zero-order valence-electron chi connectivity index (χ0n) is 82.9. The first kappa shape index (κ1) is 128. The first-order chi connectivity index (χ1) is 70.0. The summed E-state index contributed by atoms with van der Waals surface area (Å²) in [6, 6.07) is 70.4. The van der Waals surface area contributed by atoms with Crippen LogP contribution in [0.2, 0.25) is 39.3 Å². The van der Waals surface area contributed by atoms with Gasteiger partial charge in [0.2, 0.25) is 0 Å². The lowest BCUT2D eigenvalue weighted by Crippen LogP contribution is -2.24. The van der Waals surface area contributed by atoms with Crippen LogP contribution in [0.1, 0.15) is 151 Å². The highest BCUT2D eigenvalue weighted by Gasteiger charge is 2.32. The molecule has 0 aliphatic carbocycles. The molecule has 148 heavy (non-hydrogen) atoms. The number of rotatable bonds is 10. The van der Waals surface area contributed by atoms with Crippen LogP contribution in [-0.4, -0.2) is 116 Å². The molecule has 4 fully saturated rings. The molecule has 5 heterocycles. The summed E-state index contributed by atoms with van der Waals surface area (Å²) in [6.07, 6.45) is 16.3. The lowest BCUT2D eigenvalue weighted by atomic mass is 10.1. The number of aromatic hydroxyl groups is 2. The van der Waals surface area contributed by atoms with Gasteiger partial charge in [0.1, 0.15) is 50.6 Å². The van der Waals surface area contributed by atoms with E-state index in [0.29, 0.717) is 32.7 Å². The van der Waals surface area contributed by atoms with E-state index in [2.05, 4.69) is 147 Å². The molecule has 11 aromatic carbocycles. The zero-order valence-corrected chi connectivity index (χ0v) is 93.9. The Balaban J connectivity index is 0.000000292. The van der Waals surface area contributed by atoms with Crippen LogP contribution in [0.25, 0.3) is 0 Å². The van der Waals surface area contributed by atoms with E-state index in [-0.39, 0.29) is 46.0 Å². The predicted octanol–water partition coefficient (Wildman–Crippen LogP) is 30.6. The number of halogens is 14. The van der Waals surface area contributed by atoms with Gasteiger partial charge in [0.15, 0.2) is 25.2 Å². The molecule has 35 heteroatoms. The molecule has 0 radical (unpaired) electrons. The van der Waals surface area contributed by atoms with E-state index in [1.165, 1.54) is 108 Å². The average molecular weight is 2450 g/mol. The number of ether oxygens (including phenoxy) is 9. The highest BCUT2D eigenvalue weighted by Crippen LogP contribution is 2.33. The van der Waals surface area contributed by atoms with Crippen molar-refractivity contribution in [2.24, 2.45) is 0 Å². The van der Waals surface area contributed by atoms with Crippen molar-refractivity contribution in [3.8, 4) is 94.0 Å². The Morgan fingerprint density at radius 2 is 0.635 bits per heavy atom. The van der Waals surface area contributed by atoms with Gasteiger partial charge in [0, 0.05) is 70.7 Å². The van der Waals surface area contributed by atoms with Gasteiger partial charge in [-0.05, 0) is 372 Å². The van der Waals surface area contributed by atoms with Crippen LogP contribution in [0, 0.1) is 80.4 Å². The quantitative estimate of drug-likeness (QED) is 0.0249. The third-order valence-corrected chi connectivity index (χ3v) is 25.1. The summed E-state index contributed by atoms with van der Waals surface area (Å²) in [7, 11) is -10.4. The van der Waals surface area contributed by atoms with Crippen molar-refractivity contribution in [3.63, 3.8) is 0 Å². The second kappa shape index (κ2) is 67.7. The summed E-state index contributed by atoms with van der Waals surface area (Å²) in [6.45, 7) is 20.9. The van der Waals surface area contributed by atoms with E-state index in [4.69, 9.17) is 98.0 Å². The predicted molar refractivity (Wildman–Crippen MR) is 592 cm³/mol. The van der Waals surface area contributed by atoms with Crippen molar-refractivity contribution in [1.82, 2.24) is 0 Å². The number of phenolic OH excluding ortho intramolecular Hbond substituents is 2. The SMILES string of the molecule is C#C[Si](C)(C)C.C#Cc1ccc(OC2CCCCO2)cc1.C1=COCCC1.C[Si](C)(C)C#Cc1ccc(OC2CCCCO2)cc1.Cc1ccc(S(=O)(=O)O)cc1.Cc1ccc(S(=O)(=O)O)cc1.ClCCl.FC(F)(F)c1ccc(Br)cc1.FC(F)(F)c1ccc(C#Cc2ccc(OC3CCCCO3)cc2)cc1.Ic1ccc(OC2CCCCO2)cc1.Oc1ccc(C#Cc2ccc(C(F)(F)F)cc2)cc1.Oc1ccc(I)cc1. The Bertz CT molecular complexity index is 6130. The van der Waals surface area contributed by atoms with E-state index in [9.17, 15) is 56.3 Å². The number of hydrogen-bond acceptors (Lipinski definition) is 15. The third kappa shape index (κ3) is 58.6. The number of hydrogen-bond donors (Lipinski definition) is 4. The Kier molecular flexibility index (Phi) is 58.5. The van der Waals surface area contributed by atoms with Crippen molar-refractivity contribution in [2.45, 2.75) is 197 Å². The van der Waals surface area contributed by atoms with Crippen molar-refractivity contribution in [1.29, 1.82) is 0 Å². The van der Waals surface area contributed by atoms with Gasteiger partial charge in [-0.3, -0.25) is 9.11 Å². The maximum atomic E-state index is 12.5. The molecule has 792 valence electrons. The van der Waals surface area contributed by atoms with Crippen molar-refractivity contribution in [2.75, 3.05) is 38.4 Å². The van der Waals surface area contributed by atoms with Gasteiger partial charge in [-0.2, -0.15) is 56.3 Å². The molecular weight excluding hydrogens is 2330 g/mol. The highest BCUT2D eigenvalue weighted by molar-refractivity contribution is 14.1. The van der Waals surface area contributed by atoms with Gasteiger partial charge in [-0.15, -0.1) is 47.1 Å². The molecule has 11 aromatic rings. The number of phenols is 2. The number of allylic oxidation sites excluding steroid dienone is 1. The average Bonchev–Trinajstić information content (AvgIpc) is 0.974. The standard InChI is InChI=1S/C20H17F3O2.C16H22O2Si.C15H9F3O.C13H14O2.C11H13IO2.C7H4BrF3.2C7H8O3S.C6H5IO.C5H8O.C5H10Si.CH2Cl2/c21-20(22,23)17-10-6-15(7-11-17)4-5-16-8-12-18(13-9-16)25-19-3-1-2-14-24-19;1-19(2,3)13-11-14-7-9-15(10-8-14)18-16-6-4-5-12-17-16;16-15(17,18)13-7-3-11(4-8-13)1-2-12-5-9-14(19)10-6-12;1-2-11-6-8-12(9-7-11)15-13-5-3-4-10-14-13;12-9-4-6-10(7-5-9)14-11-3-1-2-8-13-11;8-6-3-1-5(2-4-6)7(9,10)11;2*1-6-2-4-7(5-3-6)11(8,9)10;7-5-1-3-6(8)4-2-5;1-2-4-6-5-3-1;1-5-6(2,3)4;2-1-3/h6-13,19H,1-3,14H2;7-10,16H,4-6,12H2,1-3H3;3-10,19H;1,6-9,13H,3-5,10H2;4-7,11H,1-3,8H2;1-4H;2*2-5H,1H3,(H,8,9,10);1-4,8H;2,4H,1,3,5H2;1H,2-4H3;1H2. The number of terminal acetylenes is 2. The first-order valence-corrected chi connectivity index (χ1v) is 60.5. The Morgan fingerprint density at radius 1 is 0.378 bits per heavy atom. The fourth-order valence-electron chi connectivity index (χ4n) is 11.8.